The van der Waals surface area contributed by atoms with Crippen molar-refractivity contribution in [2.75, 3.05) is 31.1 Å². The van der Waals surface area contributed by atoms with Crippen LogP contribution in [0.25, 0.3) is 5.65 Å². The molecule has 0 aromatic carbocycles. The van der Waals surface area contributed by atoms with Crippen molar-refractivity contribution in [3.05, 3.63) is 18.7 Å². The standard InChI is InChI=1S/C16H20N6O/c23-16(13-7-12(13)11-1-2-11)21-5-3-20(4-6-21)15-9-17-8-14-18-10-19-22(14)15/h8-13H,1-7H2/t12-,13+/m0/s1. The first kappa shape index (κ1) is 13.3. The summed E-state index contributed by atoms with van der Waals surface area (Å²) < 4.78 is 1.81. The van der Waals surface area contributed by atoms with Crippen molar-refractivity contribution in [1.29, 1.82) is 0 Å². The van der Waals surface area contributed by atoms with E-state index in [9.17, 15) is 4.79 Å². The molecule has 7 heteroatoms. The lowest BCUT2D eigenvalue weighted by molar-refractivity contribution is -0.133. The van der Waals surface area contributed by atoms with Crippen LogP contribution in [0.15, 0.2) is 18.7 Å². The van der Waals surface area contributed by atoms with Crippen molar-refractivity contribution in [2.45, 2.75) is 19.3 Å². The van der Waals surface area contributed by atoms with E-state index in [1.54, 1.807) is 12.5 Å². The maximum Gasteiger partial charge on any atom is 0.226 e. The second-order valence-corrected chi connectivity index (χ2v) is 6.95. The number of nitrogens with zero attached hydrogens (tertiary/aromatic N) is 6. The molecule has 2 aliphatic carbocycles. The topological polar surface area (TPSA) is 66.6 Å². The highest BCUT2D eigenvalue weighted by Gasteiger charge is 2.52. The van der Waals surface area contributed by atoms with Crippen LogP contribution in [0.5, 0.6) is 0 Å². The Morgan fingerprint density at radius 3 is 2.74 bits per heavy atom. The number of fused-ring (bicyclic) bond motifs is 1. The molecule has 2 aromatic rings. The number of carbonyl (C=O) groups is 1. The summed E-state index contributed by atoms with van der Waals surface area (Å²) in [4.78, 5) is 25.3. The first-order chi connectivity index (χ1) is 11.3. The van der Waals surface area contributed by atoms with Crippen LogP contribution in [0.4, 0.5) is 5.82 Å². The van der Waals surface area contributed by atoms with E-state index in [1.807, 2.05) is 10.7 Å². The molecule has 0 bridgehead atoms. The number of piperazine rings is 1. The van der Waals surface area contributed by atoms with Gasteiger partial charge in [-0.05, 0) is 31.1 Å². The van der Waals surface area contributed by atoms with Crippen molar-refractivity contribution in [3.63, 3.8) is 0 Å². The molecular weight excluding hydrogens is 292 g/mol. The Balaban J connectivity index is 1.25. The number of rotatable bonds is 3. The molecule has 3 heterocycles. The fraction of sp³-hybridized carbons (Fsp3) is 0.625. The van der Waals surface area contributed by atoms with Crippen LogP contribution in [-0.4, -0.2) is 56.6 Å². The highest BCUT2D eigenvalue weighted by atomic mass is 16.2. The van der Waals surface area contributed by atoms with Crippen molar-refractivity contribution in [2.24, 2.45) is 17.8 Å². The van der Waals surface area contributed by atoms with Gasteiger partial charge in [0.1, 0.15) is 6.33 Å². The Labute approximate surface area is 134 Å². The summed E-state index contributed by atoms with van der Waals surface area (Å²) in [6.45, 7) is 3.23. The molecule has 2 saturated carbocycles. The monoisotopic (exact) mass is 312 g/mol. The average Bonchev–Trinajstić information content (AvgIpc) is 3.49. The normalized spacial score (nSPS) is 27.5. The van der Waals surface area contributed by atoms with Gasteiger partial charge in [-0.2, -0.15) is 9.61 Å². The Morgan fingerprint density at radius 1 is 1.13 bits per heavy atom. The van der Waals surface area contributed by atoms with Crippen LogP contribution >= 0.6 is 0 Å². The zero-order valence-corrected chi connectivity index (χ0v) is 13.0. The first-order valence-corrected chi connectivity index (χ1v) is 8.49. The number of hydrogen-bond donors (Lipinski definition) is 0. The highest BCUT2D eigenvalue weighted by molar-refractivity contribution is 5.82. The van der Waals surface area contributed by atoms with Crippen molar-refractivity contribution in [3.8, 4) is 0 Å². The predicted molar refractivity (Wildman–Crippen MR) is 83.9 cm³/mol. The number of hydrogen-bond acceptors (Lipinski definition) is 5. The Morgan fingerprint density at radius 2 is 1.96 bits per heavy atom. The van der Waals surface area contributed by atoms with Gasteiger partial charge in [0.15, 0.2) is 11.5 Å². The second kappa shape index (κ2) is 4.91. The molecule has 2 atom stereocenters. The maximum absolute atomic E-state index is 12.6. The minimum atomic E-state index is 0.328. The maximum atomic E-state index is 12.6. The molecule has 0 radical (unpaired) electrons. The molecule has 120 valence electrons. The van der Waals surface area contributed by atoms with Gasteiger partial charge in [-0.25, -0.2) is 4.98 Å². The fourth-order valence-corrected chi connectivity index (χ4v) is 3.89. The number of aromatic nitrogens is 4. The number of carbonyl (C=O) groups excluding carboxylic acids is 1. The van der Waals surface area contributed by atoms with Crippen LogP contribution in [0.1, 0.15) is 19.3 Å². The van der Waals surface area contributed by atoms with Crippen molar-refractivity contribution < 1.29 is 4.79 Å². The van der Waals surface area contributed by atoms with Gasteiger partial charge in [-0.3, -0.25) is 9.78 Å². The van der Waals surface area contributed by atoms with Gasteiger partial charge in [-0.1, -0.05) is 0 Å². The van der Waals surface area contributed by atoms with E-state index in [0.717, 1.165) is 50.0 Å². The largest absolute Gasteiger partial charge is 0.352 e. The lowest BCUT2D eigenvalue weighted by Gasteiger charge is -2.35. The van der Waals surface area contributed by atoms with Gasteiger partial charge in [0, 0.05) is 32.1 Å². The lowest BCUT2D eigenvalue weighted by atomic mass is 10.2. The Bertz CT molecular complexity index is 746. The van der Waals surface area contributed by atoms with Crippen molar-refractivity contribution in [1.82, 2.24) is 24.5 Å². The van der Waals surface area contributed by atoms with E-state index >= 15 is 0 Å². The van der Waals surface area contributed by atoms with Gasteiger partial charge in [-0.15, -0.1) is 0 Å². The third-order valence-corrected chi connectivity index (χ3v) is 5.47. The summed E-state index contributed by atoms with van der Waals surface area (Å²) in [6.07, 6.45) is 8.90. The number of anilines is 1. The van der Waals surface area contributed by atoms with Crippen LogP contribution in [0.3, 0.4) is 0 Å². The molecule has 2 aromatic heterocycles. The zero-order chi connectivity index (χ0) is 15.4. The van der Waals surface area contributed by atoms with E-state index < -0.39 is 0 Å². The van der Waals surface area contributed by atoms with Crippen molar-refractivity contribution >= 4 is 17.4 Å². The summed E-state index contributed by atoms with van der Waals surface area (Å²) in [6, 6.07) is 0. The fourth-order valence-electron chi connectivity index (χ4n) is 3.89. The third kappa shape index (κ3) is 2.26. The smallest absolute Gasteiger partial charge is 0.226 e. The molecule has 0 spiro atoms. The Kier molecular flexibility index (Phi) is 2.83. The van der Waals surface area contributed by atoms with E-state index in [0.29, 0.717) is 17.7 Å². The van der Waals surface area contributed by atoms with Gasteiger partial charge in [0.05, 0.1) is 12.4 Å². The van der Waals surface area contributed by atoms with Gasteiger partial charge in [0.2, 0.25) is 5.91 Å². The molecule has 23 heavy (non-hydrogen) atoms. The molecule has 3 aliphatic rings. The molecular formula is C16H20N6O. The predicted octanol–water partition coefficient (Wildman–Crippen LogP) is 0.819. The molecule has 1 saturated heterocycles. The summed E-state index contributed by atoms with van der Waals surface area (Å²) in [7, 11) is 0. The van der Waals surface area contributed by atoms with Gasteiger partial charge < -0.3 is 9.80 Å². The third-order valence-electron chi connectivity index (χ3n) is 5.47. The molecule has 0 unspecified atom stereocenters. The van der Waals surface area contributed by atoms with Crippen LogP contribution < -0.4 is 4.90 Å². The molecule has 3 fully saturated rings. The molecule has 7 nitrogen and oxygen atoms in total. The summed E-state index contributed by atoms with van der Waals surface area (Å²) in [5, 5.41) is 4.27. The van der Waals surface area contributed by atoms with Gasteiger partial charge >= 0.3 is 0 Å². The van der Waals surface area contributed by atoms with Gasteiger partial charge in [0.25, 0.3) is 0 Å². The van der Waals surface area contributed by atoms with Crippen LogP contribution in [-0.2, 0) is 4.79 Å². The van der Waals surface area contributed by atoms with E-state index in [4.69, 9.17) is 0 Å². The summed E-state index contributed by atoms with van der Waals surface area (Å²) >= 11 is 0. The molecule has 0 N–H and O–H groups in total. The zero-order valence-electron chi connectivity index (χ0n) is 13.0. The lowest BCUT2D eigenvalue weighted by Crippen LogP contribution is -2.50. The molecule has 1 aliphatic heterocycles. The average molecular weight is 312 g/mol. The summed E-state index contributed by atoms with van der Waals surface area (Å²) in [5.41, 5.74) is 0.756. The minimum absolute atomic E-state index is 0.328. The SMILES string of the molecule is O=C([C@@H]1C[C@H]1C1CC1)N1CCN(c2cncc3ncnn23)CC1. The quantitative estimate of drug-likeness (QED) is 0.839. The van der Waals surface area contributed by atoms with Crippen LogP contribution in [0, 0.1) is 17.8 Å². The Hall–Kier alpha value is -2.18. The molecule has 1 amide bonds. The van der Waals surface area contributed by atoms with E-state index in [-0.39, 0.29) is 0 Å². The first-order valence-electron chi connectivity index (χ1n) is 8.49. The van der Waals surface area contributed by atoms with E-state index in [1.165, 1.54) is 12.8 Å². The second-order valence-electron chi connectivity index (χ2n) is 6.95. The van der Waals surface area contributed by atoms with E-state index in [2.05, 4.69) is 24.9 Å². The minimum Gasteiger partial charge on any atom is -0.352 e. The molecule has 5 rings (SSSR count). The number of amides is 1. The van der Waals surface area contributed by atoms with Crippen LogP contribution in [0.2, 0.25) is 0 Å². The summed E-state index contributed by atoms with van der Waals surface area (Å²) in [5.74, 6) is 3.23. The highest BCUT2D eigenvalue weighted by Crippen LogP contribution is 2.54.